The van der Waals surface area contributed by atoms with Crippen molar-refractivity contribution in [3.63, 3.8) is 0 Å². The molecule has 5 rings (SSSR count). The lowest BCUT2D eigenvalue weighted by atomic mass is 9.81. The maximum absolute atomic E-state index is 6.68. The average Bonchev–Trinajstić information content (AvgIpc) is 3.32. The Kier molecular flexibility index (Phi) is 6.93. The van der Waals surface area contributed by atoms with E-state index in [1.165, 1.54) is 32.1 Å². The van der Waals surface area contributed by atoms with Gasteiger partial charge in [-0.05, 0) is 56.9 Å². The topological polar surface area (TPSA) is 46.2 Å². The molecule has 0 unspecified atom stereocenters. The van der Waals surface area contributed by atoms with Crippen molar-refractivity contribution >= 4 is 6.89 Å². The van der Waals surface area contributed by atoms with E-state index in [0.29, 0.717) is 25.9 Å². The number of rotatable bonds is 9. The quantitative estimate of drug-likeness (QED) is 0.521. The highest BCUT2D eigenvalue weighted by atomic mass is 16.8. The van der Waals surface area contributed by atoms with Gasteiger partial charge in [-0.15, -0.1) is 0 Å². The molecule has 178 valence electrons. The molecule has 3 aliphatic rings. The molecule has 3 fully saturated rings. The second kappa shape index (κ2) is 10.1. The zero-order chi connectivity index (χ0) is 22.6. The molecule has 2 aromatic rings. The van der Waals surface area contributed by atoms with Gasteiger partial charge in [-0.25, -0.2) is 0 Å². The van der Waals surface area contributed by atoms with Crippen LogP contribution >= 0.6 is 0 Å². The van der Waals surface area contributed by atoms with Gasteiger partial charge in [-0.3, -0.25) is 0 Å². The number of hydrogen-bond acceptors (Lipinski definition) is 5. The first kappa shape index (κ1) is 22.7. The SMILES string of the molecule is CCO[B-]12O[C@H](COc3ccccc3)C[N+]1(C1CCCCC1)C[C@@H](COc1ccccc1)O2. The standard InChI is InChI=1S/C26H36BNO5/c1-2-31-27-28(22-12-6-3-7-13-22,18-25(32-27)20-29-23-14-8-4-9-15-23)19-26(33-27)21-30-24-16-10-5-11-17-24/h4-5,8-11,14-17,22,25-26H,2-3,6-7,12-13,18-21H2,1H3/t25-,26-,27?,28?/m0/s1. The summed E-state index contributed by atoms with van der Waals surface area (Å²) in [4.78, 5) is 0. The summed E-state index contributed by atoms with van der Waals surface area (Å²) < 4.78 is 32.7. The molecule has 2 atom stereocenters. The number of para-hydroxylation sites is 2. The number of quaternary nitrogens is 1. The van der Waals surface area contributed by atoms with Gasteiger partial charge in [-0.2, -0.15) is 0 Å². The van der Waals surface area contributed by atoms with Gasteiger partial charge < -0.3 is 27.8 Å². The van der Waals surface area contributed by atoms with Crippen LogP contribution < -0.4 is 9.47 Å². The lowest BCUT2D eigenvalue weighted by Crippen LogP contribution is -2.69. The van der Waals surface area contributed by atoms with Gasteiger partial charge in [0.2, 0.25) is 0 Å². The van der Waals surface area contributed by atoms with Crippen LogP contribution in [0.15, 0.2) is 60.7 Å². The summed E-state index contributed by atoms with van der Waals surface area (Å²) in [6, 6.07) is 20.4. The third kappa shape index (κ3) is 4.65. The molecular formula is C26H36BNO5. The molecule has 0 bridgehead atoms. The summed E-state index contributed by atoms with van der Waals surface area (Å²) in [6.07, 6.45) is 6.11. The summed E-state index contributed by atoms with van der Waals surface area (Å²) in [6.45, 7) is 3.39. The van der Waals surface area contributed by atoms with Gasteiger partial charge in [0.1, 0.15) is 36.9 Å². The Morgan fingerprint density at radius 2 is 1.30 bits per heavy atom. The van der Waals surface area contributed by atoms with E-state index in [0.717, 1.165) is 29.0 Å². The van der Waals surface area contributed by atoms with Gasteiger partial charge >= 0.3 is 6.89 Å². The minimum absolute atomic E-state index is 0.0605. The monoisotopic (exact) mass is 453 g/mol. The van der Waals surface area contributed by atoms with Crippen molar-refractivity contribution in [2.75, 3.05) is 32.9 Å². The number of ether oxygens (including phenoxy) is 2. The van der Waals surface area contributed by atoms with Crippen LogP contribution in [0.4, 0.5) is 0 Å². The minimum Gasteiger partial charge on any atom is -0.491 e. The Morgan fingerprint density at radius 3 is 1.79 bits per heavy atom. The van der Waals surface area contributed by atoms with Crippen LogP contribution in [-0.4, -0.2) is 62.4 Å². The van der Waals surface area contributed by atoms with Crippen LogP contribution in [0.5, 0.6) is 11.5 Å². The van der Waals surface area contributed by atoms with Crippen molar-refractivity contribution in [1.82, 2.24) is 0 Å². The smallest absolute Gasteiger partial charge is 0.491 e. The first-order chi connectivity index (χ1) is 16.2. The van der Waals surface area contributed by atoms with Crippen LogP contribution in [0.3, 0.4) is 0 Å². The number of benzene rings is 2. The normalized spacial score (nSPS) is 31.9. The third-order valence-electron chi connectivity index (χ3n) is 7.48. The molecular weight excluding hydrogens is 417 g/mol. The zero-order valence-electron chi connectivity index (χ0n) is 19.6. The first-order valence-corrected chi connectivity index (χ1v) is 12.6. The van der Waals surface area contributed by atoms with Gasteiger partial charge in [0, 0.05) is 6.61 Å². The second-order valence-corrected chi connectivity index (χ2v) is 9.58. The average molecular weight is 453 g/mol. The van der Waals surface area contributed by atoms with Crippen molar-refractivity contribution < 1.29 is 27.8 Å². The predicted octanol–water partition coefficient (Wildman–Crippen LogP) is 4.56. The largest absolute Gasteiger partial charge is 0.626 e. The summed E-state index contributed by atoms with van der Waals surface area (Å²) >= 11 is 0. The molecule has 0 radical (unpaired) electrons. The van der Waals surface area contributed by atoms with Crippen molar-refractivity contribution in [2.24, 2.45) is 0 Å². The summed E-state index contributed by atoms with van der Waals surface area (Å²) in [7, 11) is 0. The molecule has 6 nitrogen and oxygen atoms in total. The zero-order valence-corrected chi connectivity index (χ0v) is 19.6. The molecule has 0 spiro atoms. The molecule has 2 aliphatic heterocycles. The molecule has 0 amide bonds. The molecule has 1 saturated carbocycles. The maximum atomic E-state index is 6.68. The molecule has 0 N–H and O–H groups in total. The Balaban J connectivity index is 1.34. The third-order valence-corrected chi connectivity index (χ3v) is 7.48. The van der Waals surface area contributed by atoms with Crippen LogP contribution in [0.1, 0.15) is 39.0 Å². The Labute approximate surface area is 197 Å². The Bertz CT molecular complexity index is 821. The molecule has 2 heterocycles. The van der Waals surface area contributed by atoms with E-state index < -0.39 is 6.89 Å². The fraction of sp³-hybridized carbons (Fsp3) is 0.538. The summed E-state index contributed by atoms with van der Waals surface area (Å²) in [5.41, 5.74) is 0. The van der Waals surface area contributed by atoms with Crippen molar-refractivity contribution in [3.05, 3.63) is 60.7 Å². The van der Waals surface area contributed by atoms with Gasteiger partial charge in [-0.1, -0.05) is 42.8 Å². The van der Waals surface area contributed by atoms with E-state index in [1.807, 2.05) is 67.6 Å². The van der Waals surface area contributed by atoms with Crippen LogP contribution in [0.25, 0.3) is 0 Å². The number of fused-ring (bicyclic) bond motifs is 1. The minimum atomic E-state index is -1.93. The highest BCUT2D eigenvalue weighted by Gasteiger charge is 2.68. The molecule has 33 heavy (non-hydrogen) atoms. The lowest BCUT2D eigenvalue weighted by molar-refractivity contribution is -0.860. The summed E-state index contributed by atoms with van der Waals surface area (Å²) in [5.74, 6) is 1.73. The van der Waals surface area contributed by atoms with Crippen LogP contribution in [0, 0.1) is 0 Å². The van der Waals surface area contributed by atoms with E-state index in [1.54, 1.807) is 0 Å². The van der Waals surface area contributed by atoms with E-state index in [-0.39, 0.29) is 12.2 Å². The highest BCUT2D eigenvalue weighted by Crippen LogP contribution is 2.46. The fourth-order valence-electron chi connectivity index (χ4n) is 6.12. The van der Waals surface area contributed by atoms with Gasteiger partial charge in [0.15, 0.2) is 0 Å². The van der Waals surface area contributed by atoms with E-state index >= 15 is 0 Å². The van der Waals surface area contributed by atoms with Crippen molar-refractivity contribution in [2.45, 2.75) is 57.3 Å². The molecule has 1 aliphatic carbocycles. The van der Waals surface area contributed by atoms with Gasteiger partial charge in [0.25, 0.3) is 0 Å². The van der Waals surface area contributed by atoms with Crippen molar-refractivity contribution in [1.29, 1.82) is 0 Å². The predicted molar refractivity (Wildman–Crippen MR) is 128 cm³/mol. The first-order valence-electron chi connectivity index (χ1n) is 12.6. The van der Waals surface area contributed by atoms with Crippen LogP contribution in [0.2, 0.25) is 0 Å². The summed E-state index contributed by atoms with van der Waals surface area (Å²) in [5, 5.41) is 0. The molecule has 2 saturated heterocycles. The van der Waals surface area contributed by atoms with E-state index in [4.69, 9.17) is 23.4 Å². The molecule has 0 aromatic heterocycles. The lowest BCUT2D eigenvalue weighted by Gasteiger charge is -2.52. The van der Waals surface area contributed by atoms with Gasteiger partial charge in [0.05, 0.1) is 19.1 Å². The second-order valence-electron chi connectivity index (χ2n) is 9.58. The van der Waals surface area contributed by atoms with Crippen LogP contribution in [-0.2, 0) is 14.0 Å². The van der Waals surface area contributed by atoms with E-state index in [9.17, 15) is 0 Å². The van der Waals surface area contributed by atoms with Crippen molar-refractivity contribution in [3.8, 4) is 11.5 Å². The Morgan fingerprint density at radius 1 is 0.788 bits per heavy atom. The van der Waals surface area contributed by atoms with E-state index in [2.05, 4.69) is 0 Å². The molecule has 7 heteroatoms. The maximum Gasteiger partial charge on any atom is 0.626 e. The number of hydrogen-bond donors (Lipinski definition) is 0. The Hall–Kier alpha value is -2.06. The molecule has 2 aromatic carbocycles. The number of nitrogens with zero attached hydrogens (tertiary/aromatic N) is 1. The fourth-order valence-corrected chi connectivity index (χ4v) is 6.12. The highest BCUT2D eigenvalue weighted by molar-refractivity contribution is 6.54.